The van der Waals surface area contributed by atoms with Crippen LogP contribution in [0.25, 0.3) is 5.70 Å². The smallest absolute Gasteiger partial charge is 0.0725 e. The highest BCUT2D eigenvalue weighted by atomic mass is 32.1. The van der Waals surface area contributed by atoms with Crippen molar-refractivity contribution in [2.24, 2.45) is 17.1 Å². The lowest BCUT2D eigenvalue weighted by molar-refractivity contribution is 0.644. The Bertz CT molecular complexity index is 513. The molecule has 2 nitrogen and oxygen atoms in total. The number of rotatable bonds is 5. The zero-order valence-electron chi connectivity index (χ0n) is 12.1. The van der Waals surface area contributed by atoms with Crippen LogP contribution in [0, 0.1) is 22.7 Å². The first-order valence-electron chi connectivity index (χ1n) is 6.49. The van der Waals surface area contributed by atoms with Crippen LogP contribution in [0.5, 0.6) is 0 Å². The van der Waals surface area contributed by atoms with Crippen molar-refractivity contribution in [3.05, 3.63) is 40.1 Å². The lowest BCUT2D eigenvalue weighted by Crippen LogP contribution is -2.01. The molecule has 0 amide bonds. The minimum absolute atomic E-state index is 0.449. The summed E-state index contributed by atoms with van der Waals surface area (Å²) < 4.78 is 0. The first-order valence-corrected chi connectivity index (χ1v) is 7.31. The molecule has 0 saturated heterocycles. The van der Waals surface area contributed by atoms with Crippen molar-refractivity contribution in [3.63, 3.8) is 0 Å². The number of nitrogens with zero attached hydrogens (tertiary/aromatic N) is 1. The Morgan fingerprint density at radius 1 is 1.47 bits per heavy atom. The van der Waals surface area contributed by atoms with Gasteiger partial charge in [-0.2, -0.15) is 5.26 Å². The van der Waals surface area contributed by atoms with Gasteiger partial charge in [-0.15, -0.1) is 11.3 Å². The fraction of sp³-hybridized carbons (Fsp3) is 0.438. The molecule has 0 bridgehead atoms. The van der Waals surface area contributed by atoms with Gasteiger partial charge in [0.2, 0.25) is 0 Å². The predicted octanol–water partition coefficient (Wildman–Crippen LogP) is 4.35. The van der Waals surface area contributed by atoms with Crippen molar-refractivity contribution in [3.8, 4) is 6.07 Å². The van der Waals surface area contributed by atoms with Crippen LogP contribution in [0.15, 0.2) is 30.4 Å². The second-order valence-corrected chi connectivity index (χ2v) is 6.85. The van der Waals surface area contributed by atoms with E-state index in [4.69, 9.17) is 11.0 Å². The van der Waals surface area contributed by atoms with E-state index in [2.05, 4.69) is 32.0 Å². The van der Waals surface area contributed by atoms with Gasteiger partial charge in [-0.25, -0.2) is 0 Å². The third-order valence-corrected chi connectivity index (χ3v) is 3.79. The summed E-state index contributed by atoms with van der Waals surface area (Å²) in [4.78, 5) is 2.46. The minimum Gasteiger partial charge on any atom is -0.398 e. The second-order valence-electron chi connectivity index (χ2n) is 5.68. The van der Waals surface area contributed by atoms with Gasteiger partial charge in [-0.1, -0.05) is 26.0 Å². The Morgan fingerprint density at radius 2 is 2.16 bits per heavy atom. The molecule has 19 heavy (non-hydrogen) atoms. The summed E-state index contributed by atoms with van der Waals surface area (Å²) in [7, 11) is 0. The van der Waals surface area contributed by atoms with E-state index in [1.165, 1.54) is 4.88 Å². The maximum atomic E-state index is 8.91. The van der Waals surface area contributed by atoms with E-state index in [0.717, 1.165) is 17.0 Å². The largest absolute Gasteiger partial charge is 0.398 e. The van der Waals surface area contributed by atoms with Crippen LogP contribution in [-0.2, 0) is 6.42 Å². The number of nitriles is 1. The zero-order chi connectivity index (χ0) is 14.5. The molecule has 0 aliphatic carbocycles. The third-order valence-electron chi connectivity index (χ3n) is 2.63. The van der Waals surface area contributed by atoms with Crippen molar-refractivity contribution in [2.45, 2.75) is 34.1 Å². The topological polar surface area (TPSA) is 49.8 Å². The summed E-state index contributed by atoms with van der Waals surface area (Å²) >= 11 is 1.74. The van der Waals surface area contributed by atoms with E-state index in [0.29, 0.717) is 5.92 Å². The van der Waals surface area contributed by atoms with Gasteiger partial charge in [0.1, 0.15) is 0 Å². The molecule has 2 N–H and O–H groups in total. The highest BCUT2D eigenvalue weighted by Gasteiger charge is 2.10. The van der Waals surface area contributed by atoms with Crippen LogP contribution in [0.3, 0.4) is 0 Å². The molecular formula is C16H22N2S. The average molecular weight is 274 g/mol. The van der Waals surface area contributed by atoms with Gasteiger partial charge in [0, 0.05) is 10.6 Å². The van der Waals surface area contributed by atoms with Gasteiger partial charge < -0.3 is 5.73 Å². The summed E-state index contributed by atoms with van der Waals surface area (Å²) in [6, 6.07) is 6.44. The molecule has 0 unspecified atom stereocenters. The van der Waals surface area contributed by atoms with Crippen molar-refractivity contribution in [2.75, 3.05) is 0 Å². The average Bonchev–Trinajstić information content (AvgIpc) is 2.76. The molecule has 1 heterocycles. The van der Waals surface area contributed by atoms with Crippen LogP contribution in [0.2, 0.25) is 0 Å². The SMILES string of the molecule is CC(C)Cc1ccc(/C(N)=C/C=C\C(C)(C)C#N)s1. The second kappa shape index (κ2) is 6.58. The fourth-order valence-corrected chi connectivity index (χ4v) is 2.71. The maximum absolute atomic E-state index is 8.91. The van der Waals surface area contributed by atoms with Crippen molar-refractivity contribution < 1.29 is 0 Å². The first kappa shape index (κ1) is 15.5. The van der Waals surface area contributed by atoms with E-state index in [1.54, 1.807) is 11.3 Å². The number of nitrogens with two attached hydrogens (primary N) is 1. The Morgan fingerprint density at radius 3 is 2.74 bits per heavy atom. The van der Waals surface area contributed by atoms with Gasteiger partial charge in [0.15, 0.2) is 0 Å². The molecule has 0 fully saturated rings. The van der Waals surface area contributed by atoms with Gasteiger partial charge >= 0.3 is 0 Å². The van der Waals surface area contributed by atoms with Gasteiger partial charge in [0.05, 0.1) is 16.4 Å². The number of hydrogen-bond acceptors (Lipinski definition) is 3. The summed E-state index contributed by atoms with van der Waals surface area (Å²) in [5.41, 5.74) is 6.35. The molecule has 0 saturated carbocycles. The van der Waals surface area contributed by atoms with E-state index in [9.17, 15) is 0 Å². The summed E-state index contributed by atoms with van der Waals surface area (Å²) in [6.07, 6.45) is 6.68. The highest BCUT2D eigenvalue weighted by Crippen LogP contribution is 2.24. The Labute approximate surface area is 120 Å². The molecule has 0 aliphatic rings. The molecule has 1 rings (SSSR count). The predicted molar refractivity (Wildman–Crippen MR) is 83.6 cm³/mol. The quantitative estimate of drug-likeness (QED) is 0.811. The van der Waals surface area contributed by atoms with Gasteiger partial charge in [0.25, 0.3) is 0 Å². The molecule has 0 aromatic carbocycles. The van der Waals surface area contributed by atoms with Crippen LogP contribution >= 0.6 is 11.3 Å². The molecule has 3 heteroatoms. The summed E-state index contributed by atoms with van der Waals surface area (Å²) in [6.45, 7) is 8.18. The Hall–Kier alpha value is -1.53. The molecule has 0 spiro atoms. The number of allylic oxidation sites excluding steroid dienone is 3. The minimum atomic E-state index is -0.449. The van der Waals surface area contributed by atoms with Crippen LogP contribution < -0.4 is 5.73 Å². The summed E-state index contributed by atoms with van der Waals surface area (Å²) in [5, 5.41) is 8.91. The van der Waals surface area contributed by atoms with E-state index >= 15 is 0 Å². The Balaban J connectivity index is 2.75. The first-order chi connectivity index (χ1) is 8.84. The maximum Gasteiger partial charge on any atom is 0.0725 e. The molecule has 1 aromatic heterocycles. The number of thiophene rings is 1. The highest BCUT2D eigenvalue weighted by molar-refractivity contribution is 7.13. The number of hydrogen-bond donors (Lipinski definition) is 1. The van der Waals surface area contributed by atoms with Crippen LogP contribution in [0.4, 0.5) is 0 Å². The lowest BCUT2D eigenvalue weighted by Gasteiger charge is -2.06. The molecule has 1 aromatic rings. The standard InChI is InChI=1S/C16H22N2S/c1-12(2)10-13-7-8-15(19-13)14(18)6-5-9-16(3,4)11-17/h5-9,12H,10,18H2,1-4H3/b9-5-,14-6-. The van der Waals surface area contributed by atoms with E-state index in [-0.39, 0.29) is 0 Å². The van der Waals surface area contributed by atoms with Crippen molar-refractivity contribution >= 4 is 17.0 Å². The monoisotopic (exact) mass is 274 g/mol. The molecule has 0 atom stereocenters. The van der Waals surface area contributed by atoms with E-state index in [1.807, 2.05) is 32.1 Å². The lowest BCUT2D eigenvalue weighted by atomic mass is 9.95. The van der Waals surface area contributed by atoms with E-state index < -0.39 is 5.41 Å². The van der Waals surface area contributed by atoms with Crippen molar-refractivity contribution in [1.29, 1.82) is 5.26 Å². The summed E-state index contributed by atoms with van der Waals surface area (Å²) in [5.74, 6) is 0.660. The van der Waals surface area contributed by atoms with Crippen molar-refractivity contribution in [1.82, 2.24) is 0 Å². The van der Waals surface area contributed by atoms with Crippen LogP contribution in [0.1, 0.15) is 37.4 Å². The van der Waals surface area contributed by atoms with Gasteiger partial charge in [-0.05, 0) is 44.4 Å². The zero-order valence-corrected chi connectivity index (χ0v) is 12.9. The molecule has 0 radical (unpaired) electrons. The normalized spacial score (nSPS) is 13.2. The molecule has 102 valence electrons. The van der Waals surface area contributed by atoms with Crippen LogP contribution in [-0.4, -0.2) is 0 Å². The fourth-order valence-electron chi connectivity index (χ4n) is 1.56. The molecule has 0 aliphatic heterocycles. The Kier molecular flexibility index (Phi) is 5.38. The van der Waals surface area contributed by atoms with Gasteiger partial charge in [-0.3, -0.25) is 0 Å². The third kappa shape index (κ3) is 5.32. The molecular weight excluding hydrogens is 252 g/mol.